The number of aliphatic hydroxyl groups is 1. The predicted octanol–water partition coefficient (Wildman–Crippen LogP) is 1.10. The molecular weight excluding hydrogens is 144 g/mol. The van der Waals surface area contributed by atoms with Crippen LogP contribution in [-0.4, -0.2) is 23.8 Å². The van der Waals surface area contributed by atoms with Gasteiger partial charge in [-0.1, -0.05) is 19.8 Å². The molecule has 0 heterocycles. The lowest BCUT2D eigenvalue weighted by atomic mass is 10.3. The first-order chi connectivity index (χ1) is 5.18. The molecule has 3 heteroatoms. The fourth-order valence-corrected chi connectivity index (χ4v) is 0.645. The van der Waals surface area contributed by atoms with Crippen molar-refractivity contribution in [3.8, 4) is 0 Å². The van der Waals surface area contributed by atoms with E-state index < -0.39 is 12.1 Å². The molecule has 3 nitrogen and oxygen atoms in total. The van der Waals surface area contributed by atoms with Crippen molar-refractivity contribution in [1.82, 2.24) is 0 Å². The molecule has 0 saturated carbocycles. The first kappa shape index (κ1) is 10.4. The molecule has 0 saturated heterocycles. The van der Waals surface area contributed by atoms with Crippen LogP contribution in [0.5, 0.6) is 0 Å². The molecule has 0 aliphatic carbocycles. The second kappa shape index (κ2) is 6.16. The summed E-state index contributed by atoms with van der Waals surface area (Å²) in [7, 11) is 0. The van der Waals surface area contributed by atoms with Crippen molar-refractivity contribution in [2.75, 3.05) is 6.61 Å². The van der Waals surface area contributed by atoms with Gasteiger partial charge in [-0.3, -0.25) is 0 Å². The molecule has 0 aliphatic heterocycles. The van der Waals surface area contributed by atoms with Crippen LogP contribution < -0.4 is 0 Å². The Kier molecular flexibility index (Phi) is 5.84. The van der Waals surface area contributed by atoms with Crippen molar-refractivity contribution >= 4 is 5.97 Å². The molecule has 0 aliphatic rings. The van der Waals surface area contributed by atoms with Gasteiger partial charge in [0.25, 0.3) is 0 Å². The van der Waals surface area contributed by atoms with E-state index in [1.165, 1.54) is 6.92 Å². The lowest BCUT2D eigenvalue weighted by molar-refractivity contribution is -0.152. The van der Waals surface area contributed by atoms with Crippen LogP contribution in [0.25, 0.3) is 0 Å². The number of hydrogen-bond donors (Lipinski definition) is 1. The molecule has 0 amide bonds. The summed E-state index contributed by atoms with van der Waals surface area (Å²) in [6.07, 6.45) is 2.06. The predicted molar refractivity (Wildman–Crippen MR) is 42.2 cm³/mol. The number of unbranched alkanes of at least 4 members (excludes halogenated alkanes) is 2. The van der Waals surface area contributed by atoms with E-state index >= 15 is 0 Å². The maximum Gasteiger partial charge on any atom is 0.334 e. The molecule has 0 fully saturated rings. The van der Waals surface area contributed by atoms with Gasteiger partial charge in [0.2, 0.25) is 0 Å². The standard InChI is InChI=1S/C8H16O3/c1-3-4-5-6-11-8(10)7(2)9/h7,9H,3-6H2,1-2H3/t7-/m0/s1. The number of rotatable bonds is 5. The van der Waals surface area contributed by atoms with Gasteiger partial charge < -0.3 is 9.84 Å². The first-order valence-corrected chi connectivity index (χ1v) is 4.03. The number of ether oxygens (including phenoxy) is 1. The largest absolute Gasteiger partial charge is 0.464 e. The van der Waals surface area contributed by atoms with Crippen LogP contribution in [-0.2, 0) is 9.53 Å². The number of hydrogen-bond acceptors (Lipinski definition) is 3. The van der Waals surface area contributed by atoms with Gasteiger partial charge in [-0.05, 0) is 13.3 Å². The zero-order chi connectivity index (χ0) is 8.69. The van der Waals surface area contributed by atoms with E-state index in [-0.39, 0.29) is 0 Å². The number of carbonyl (C=O) groups is 1. The molecule has 11 heavy (non-hydrogen) atoms. The van der Waals surface area contributed by atoms with Crippen LogP contribution in [0.15, 0.2) is 0 Å². The van der Waals surface area contributed by atoms with E-state index in [0.29, 0.717) is 6.61 Å². The normalized spacial score (nSPS) is 12.6. The van der Waals surface area contributed by atoms with Gasteiger partial charge in [0.15, 0.2) is 0 Å². The molecule has 0 rings (SSSR count). The van der Waals surface area contributed by atoms with E-state index in [2.05, 4.69) is 6.92 Å². The highest BCUT2D eigenvalue weighted by Crippen LogP contribution is 1.95. The average molecular weight is 160 g/mol. The molecule has 0 unspecified atom stereocenters. The fourth-order valence-electron chi connectivity index (χ4n) is 0.645. The van der Waals surface area contributed by atoms with Crippen molar-refractivity contribution in [1.29, 1.82) is 0 Å². The SMILES string of the molecule is CCCCCOC(=O)[C@H](C)O. The minimum absolute atomic E-state index is 0.428. The highest BCUT2D eigenvalue weighted by Gasteiger charge is 2.08. The highest BCUT2D eigenvalue weighted by atomic mass is 16.5. The molecule has 0 aromatic heterocycles. The topological polar surface area (TPSA) is 46.5 Å². The Balaban J connectivity index is 3.18. The Morgan fingerprint density at radius 2 is 2.18 bits per heavy atom. The van der Waals surface area contributed by atoms with Gasteiger partial charge in [0, 0.05) is 0 Å². The molecule has 0 radical (unpaired) electrons. The lowest BCUT2D eigenvalue weighted by Gasteiger charge is -2.04. The van der Waals surface area contributed by atoms with E-state index in [1.54, 1.807) is 0 Å². The molecular formula is C8H16O3. The van der Waals surface area contributed by atoms with Crippen LogP contribution in [0, 0.1) is 0 Å². The summed E-state index contributed by atoms with van der Waals surface area (Å²) in [5.41, 5.74) is 0. The second-order valence-corrected chi connectivity index (χ2v) is 2.55. The van der Waals surface area contributed by atoms with E-state index in [0.717, 1.165) is 19.3 Å². The summed E-state index contributed by atoms with van der Waals surface area (Å²) in [4.78, 5) is 10.6. The van der Waals surface area contributed by atoms with Gasteiger partial charge in [-0.15, -0.1) is 0 Å². The Hall–Kier alpha value is -0.570. The van der Waals surface area contributed by atoms with Crippen LogP contribution in [0.1, 0.15) is 33.1 Å². The minimum atomic E-state index is -0.989. The number of aliphatic hydroxyl groups excluding tert-OH is 1. The Labute approximate surface area is 67.4 Å². The van der Waals surface area contributed by atoms with E-state index in [1.807, 2.05) is 0 Å². The third-order valence-corrected chi connectivity index (χ3v) is 1.33. The molecule has 1 N–H and O–H groups in total. The first-order valence-electron chi connectivity index (χ1n) is 4.03. The molecule has 0 bridgehead atoms. The summed E-state index contributed by atoms with van der Waals surface area (Å²) in [5.74, 6) is -0.527. The Bertz CT molecular complexity index is 110. The molecule has 0 aromatic rings. The van der Waals surface area contributed by atoms with Crippen molar-refractivity contribution in [2.45, 2.75) is 39.2 Å². The van der Waals surface area contributed by atoms with Crippen molar-refractivity contribution < 1.29 is 14.6 Å². The fraction of sp³-hybridized carbons (Fsp3) is 0.875. The second-order valence-electron chi connectivity index (χ2n) is 2.55. The summed E-state index contributed by atoms with van der Waals surface area (Å²) >= 11 is 0. The quantitative estimate of drug-likeness (QED) is 0.484. The summed E-state index contributed by atoms with van der Waals surface area (Å²) in [5, 5.41) is 8.70. The smallest absolute Gasteiger partial charge is 0.334 e. The highest BCUT2D eigenvalue weighted by molar-refractivity contribution is 5.73. The van der Waals surface area contributed by atoms with Crippen molar-refractivity contribution in [2.24, 2.45) is 0 Å². The van der Waals surface area contributed by atoms with Gasteiger partial charge in [0.1, 0.15) is 6.10 Å². The molecule has 1 atom stereocenters. The summed E-state index contributed by atoms with van der Waals surface area (Å²) in [6, 6.07) is 0. The minimum Gasteiger partial charge on any atom is -0.464 e. The lowest BCUT2D eigenvalue weighted by Crippen LogP contribution is -2.19. The van der Waals surface area contributed by atoms with Gasteiger partial charge >= 0.3 is 5.97 Å². The van der Waals surface area contributed by atoms with Gasteiger partial charge in [-0.2, -0.15) is 0 Å². The van der Waals surface area contributed by atoms with Gasteiger partial charge in [0.05, 0.1) is 6.61 Å². The zero-order valence-electron chi connectivity index (χ0n) is 7.17. The Morgan fingerprint density at radius 1 is 1.55 bits per heavy atom. The molecule has 0 aromatic carbocycles. The van der Waals surface area contributed by atoms with Crippen LogP contribution in [0.4, 0.5) is 0 Å². The van der Waals surface area contributed by atoms with Crippen LogP contribution in [0.3, 0.4) is 0 Å². The summed E-state index contributed by atoms with van der Waals surface area (Å²) in [6.45, 7) is 3.91. The number of carbonyl (C=O) groups excluding carboxylic acids is 1. The third kappa shape index (κ3) is 5.85. The van der Waals surface area contributed by atoms with Crippen LogP contribution in [0.2, 0.25) is 0 Å². The summed E-state index contributed by atoms with van der Waals surface area (Å²) < 4.78 is 4.72. The monoisotopic (exact) mass is 160 g/mol. The van der Waals surface area contributed by atoms with E-state index in [9.17, 15) is 4.79 Å². The Morgan fingerprint density at radius 3 is 2.64 bits per heavy atom. The average Bonchev–Trinajstić information content (AvgIpc) is 1.97. The van der Waals surface area contributed by atoms with Crippen molar-refractivity contribution in [3.05, 3.63) is 0 Å². The number of esters is 1. The molecule has 0 spiro atoms. The zero-order valence-corrected chi connectivity index (χ0v) is 7.17. The van der Waals surface area contributed by atoms with Gasteiger partial charge in [-0.25, -0.2) is 4.79 Å². The molecule has 66 valence electrons. The van der Waals surface area contributed by atoms with Crippen LogP contribution >= 0.6 is 0 Å². The van der Waals surface area contributed by atoms with E-state index in [4.69, 9.17) is 9.84 Å². The maximum absolute atomic E-state index is 10.6. The third-order valence-electron chi connectivity index (χ3n) is 1.33. The maximum atomic E-state index is 10.6. The van der Waals surface area contributed by atoms with Crippen molar-refractivity contribution in [3.63, 3.8) is 0 Å².